The van der Waals surface area contributed by atoms with Crippen molar-refractivity contribution in [1.82, 2.24) is 0 Å². The van der Waals surface area contributed by atoms with Crippen LogP contribution in [0.25, 0.3) is 11.1 Å². The minimum absolute atomic E-state index is 0.251. The van der Waals surface area contributed by atoms with Crippen molar-refractivity contribution in [3.05, 3.63) is 53.1 Å². The molecular formula is C24H36O3. The lowest BCUT2D eigenvalue weighted by Crippen LogP contribution is -2.01. The van der Waals surface area contributed by atoms with Gasteiger partial charge in [0.25, 0.3) is 0 Å². The predicted molar refractivity (Wildman–Crippen MR) is 116 cm³/mol. The van der Waals surface area contributed by atoms with Crippen LogP contribution in [0.1, 0.15) is 82.3 Å². The van der Waals surface area contributed by atoms with E-state index in [4.69, 9.17) is 4.74 Å². The highest BCUT2D eigenvalue weighted by Crippen LogP contribution is 2.33. The molecule has 0 heterocycles. The van der Waals surface area contributed by atoms with Crippen molar-refractivity contribution in [2.45, 2.75) is 67.7 Å². The van der Waals surface area contributed by atoms with E-state index in [1.54, 1.807) is 12.1 Å². The van der Waals surface area contributed by atoms with Gasteiger partial charge in [-0.15, -0.1) is 0 Å². The van der Waals surface area contributed by atoms with Crippen LogP contribution in [-0.4, -0.2) is 17.7 Å². The second-order valence-electron chi connectivity index (χ2n) is 6.09. The van der Waals surface area contributed by atoms with Gasteiger partial charge in [-0.25, -0.2) is 4.79 Å². The molecule has 0 aliphatic rings. The van der Waals surface area contributed by atoms with Gasteiger partial charge >= 0.3 is 5.97 Å². The molecule has 0 aliphatic carbocycles. The minimum Gasteiger partial charge on any atom is -0.493 e. The van der Waals surface area contributed by atoms with E-state index in [-0.39, 0.29) is 5.92 Å². The van der Waals surface area contributed by atoms with E-state index in [0.29, 0.717) is 12.2 Å². The maximum absolute atomic E-state index is 11.2. The molecular weight excluding hydrogens is 336 g/mol. The molecule has 0 spiro atoms. The van der Waals surface area contributed by atoms with Crippen LogP contribution in [0.3, 0.4) is 0 Å². The van der Waals surface area contributed by atoms with Crippen LogP contribution in [0.15, 0.2) is 36.4 Å². The van der Waals surface area contributed by atoms with Gasteiger partial charge in [0, 0.05) is 0 Å². The van der Waals surface area contributed by atoms with E-state index >= 15 is 0 Å². The summed E-state index contributed by atoms with van der Waals surface area (Å²) in [6, 6.07) is 11.5. The number of benzene rings is 2. The van der Waals surface area contributed by atoms with Crippen LogP contribution in [0.5, 0.6) is 5.75 Å². The highest BCUT2D eigenvalue weighted by atomic mass is 16.5. The monoisotopic (exact) mass is 372 g/mol. The van der Waals surface area contributed by atoms with Gasteiger partial charge in [0.2, 0.25) is 0 Å². The third-order valence-corrected chi connectivity index (χ3v) is 3.87. The summed E-state index contributed by atoms with van der Waals surface area (Å²) in [5.41, 5.74) is 4.64. The quantitative estimate of drug-likeness (QED) is 0.577. The summed E-state index contributed by atoms with van der Waals surface area (Å²) in [5.74, 6) is 0.266. The molecule has 0 aromatic heterocycles. The van der Waals surface area contributed by atoms with Gasteiger partial charge in [0.05, 0.1) is 12.2 Å². The summed E-state index contributed by atoms with van der Waals surface area (Å²) in [4.78, 5) is 11.2. The van der Waals surface area contributed by atoms with E-state index in [1.165, 1.54) is 0 Å². The molecule has 0 fully saturated rings. The topological polar surface area (TPSA) is 46.5 Å². The van der Waals surface area contributed by atoms with E-state index in [9.17, 15) is 9.90 Å². The molecule has 27 heavy (non-hydrogen) atoms. The van der Waals surface area contributed by atoms with Crippen molar-refractivity contribution in [3.8, 4) is 16.9 Å². The molecule has 0 radical (unpaired) electrons. The highest BCUT2D eigenvalue weighted by molar-refractivity contribution is 5.89. The van der Waals surface area contributed by atoms with Gasteiger partial charge in [-0.05, 0) is 65.8 Å². The fraction of sp³-hybridized carbons (Fsp3) is 0.458. The van der Waals surface area contributed by atoms with Crippen LogP contribution in [0.2, 0.25) is 0 Å². The van der Waals surface area contributed by atoms with E-state index in [2.05, 4.69) is 26.8 Å². The van der Waals surface area contributed by atoms with Crippen molar-refractivity contribution in [2.75, 3.05) is 6.61 Å². The van der Waals surface area contributed by atoms with Gasteiger partial charge in [-0.2, -0.15) is 0 Å². The zero-order chi connectivity index (χ0) is 21.0. The molecule has 0 aliphatic heterocycles. The maximum atomic E-state index is 11.2. The number of rotatable bonds is 6. The summed E-state index contributed by atoms with van der Waals surface area (Å²) in [7, 11) is 0. The Hall–Kier alpha value is -2.29. The Kier molecular flexibility index (Phi) is 11.9. The molecule has 0 saturated heterocycles. The normalized spacial score (nSPS) is 9.67. The Morgan fingerprint density at radius 1 is 1.04 bits per heavy atom. The molecule has 2 aromatic carbocycles. The number of aromatic carboxylic acids is 1. The summed E-state index contributed by atoms with van der Waals surface area (Å²) < 4.78 is 5.73. The Morgan fingerprint density at radius 3 is 2.15 bits per heavy atom. The lowest BCUT2D eigenvalue weighted by molar-refractivity contribution is 0.0697. The average molecular weight is 373 g/mol. The van der Waals surface area contributed by atoms with Crippen molar-refractivity contribution >= 4 is 5.97 Å². The Labute approximate surface area is 165 Å². The number of ether oxygens (including phenoxy) is 1. The molecule has 0 saturated carbocycles. The van der Waals surface area contributed by atoms with Crippen LogP contribution in [-0.2, 0) is 0 Å². The fourth-order valence-electron chi connectivity index (χ4n) is 2.63. The summed E-state index contributed by atoms with van der Waals surface area (Å²) in [5, 5.41) is 9.20. The van der Waals surface area contributed by atoms with Crippen molar-refractivity contribution in [2.24, 2.45) is 0 Å². The van der Waals surface area contributed by atoms with Gasteiger partial charge in [-0.1, -0.05) is 60.6 Å². The standard InChI is InChI=1S/C20H24O3.2C2H6/c1-5-10-23-19-9-7-15(11-14(19)4)17-8-6-16(20(21)22)12-18(17)13(2)3;2*1-2/h6-9,11-13H,5,10H2,1-4H3,(H,21,22);2*1-2H3. The predicted octanol–water partition coefficient (Wildman–Crippen LogP) is 7.32. The molecule has 3 nitrogen and oxygen atoms in total. The second kappa shape index (κ2) is 13.0. The van der Waals surface area contributed by atoms with Crippen molar-refractivity contribution in [1.29, 1.82) is 0 Å². The number of hydrogen-bond acceptors (Lipinski definition) is 2. The Bertz CT molecular complexity index is 703. The first-order valence-corrected chi connectivity index (χ1v) is 10.0. The SMILES string of the molecule is CC.CC.CCCOc1ccc(-c2ccc(C(=O)O)cc2C(C)C)cc1C. The third-order valence-electron chi connectivity index (χ3n) is 3.87. The zero-order valence-corrected chi connectivity index (χ0v) is 18.2. The molecule has 0 unspecified atom stereocenters. The first kappa shape index (κ1) is 24.7. The molecule has 150 valence electrons. The molecule has 0 amide bonds. The molecule has 0 bridgehead atoms. The lowest BCUT2D eigenvalue weighted by Gasteiger charge is -2.16. The minimum atomic E-state index is -0.891. The first-order valence-electron chi connectivity index (χ1n) is 10.0. The summed E-state index contributed by atoms with van der Waals surface area (Å²) in [6.45, 7) is 17.0. The summed E-state index contributed by atoms with van der Waals surface area (Å²) in [6.07, 6.45) is 0.981. The third kappa shape index (κ3) is 7.09. The maximum Gasteiger partial charge on any atom is 0.335 e. The van der Waals surface area contributed by atoms with Crippen molar-refractivity contribution < 1.29 is 14.6 Å². The Morgan fingerprint density at radius 2 is 1.67 bits per heavy atom. The van der Waals surface area contributed by atoms with Crippen molar-refractivity contribution in [3.63, 3.8) is 0 Å². The number of carbonyl (C=O) groups is 1. The summed E-state index contributed by atoms with van der Waals surface area (Å²) >= 11 is 0. The van der Waals surface area contributed by atoms with Crippen LogP contribution in [0.4, 0.5) is 0 Å². The molecule has 0 atom stereocenters. The molecule has 2 rings (SSSR count). The Balaban J connectivity index is 0.00000158. The lowest BCUT2D eigenvalue weighted by atomic mass is 9.90. The van der Waals surface area contributed by atoms with Gasteiger partial charge in [-0.3, -0.25) is 0 Å². The van der Waals surface area contributed by atoms with E-state index < -0.39 is 5.97 Å². The van der Waals surface area contributed by atoms with Gasteiger partial charge in [0.15, 0.2) is 0 Å². The van der Waals surface area contributed by atoms with Crippen LogP contribution >= 0.6 is 0 Å². The molecule has 3 heteroatoms. The number of aryl methyl sites for hydroxylation is 1. The van der Waals surface area contributed by atoms with E-state index in [1.807, 2.05) is 52.8 Å². The molecule has 2 aromatic rings. The number of hydrogen-bond donors (Lipinski definition) is 1. The number of carboxylic acids is 1. The number of carboxylic acid groups (broad SMARTS) is 1. The zero-order valence-electron chi connectivity index (χ0n) is 18.2. The first-order chi connectivity index (χ1) is 12.9. The van der Waals surface area contributed by atoms with Gasteiger partial charge in [0.1, 0.15) is 5.75 Å². The molecule has 1 N–H and O–H groups in total. The smallest absolute Gasteiger partial charge is 0.335 e. The van der Waals surface area contributed by atoms with Crippen LogP contribution in [0, 0.1) is 6.92 Å². The van der Waals surface area contributed by atoms with E-state index in [0.717, 1.165) is 34.4 Å². The average Bonchev–Trinajstić information content (AvgIpc) is 2.69. The fourth-order valence-corrected chi connectivity index (χ4v) is 2.63. The second-order valence-corrected chi connectivity index (χ2v) is 6.09. The van der Waals surface area contributed by atoms with Crippen LogP contribution < -0.4 is 4.74 Å². The largest absolute Gasteiger partial charge is 0.493 e. The van der Waals surface area contributed by atoms with Gasteiger partial charge < -0.3 is 9.84 Å². The highest BCUT2D eigenvalue weighted by Gasteiger charge is 2.13.